The third-order valence-electron chi connectivity index (χ3n) is 4.67. The third-order valence-corrected chi connectivity index (χ3v) is 5.40. The van der Waals surface area contributed by atoms with Gasteiger partial charge in [-0.1, -0.05) is 13.8 Å². The Balaban J connectivity index is 1.97. The van der Waals surface area contributed by atoms with Crippen molar-refractivity contribution in [3.05, 3.63) is 22.4 Å². The summed E-state index contributed by atoms with van der Waals surface area (Å²) in [4.78, 5) is 11.4. The van der Waals surface area contributed by atoms with Crippen LogP contribution in [-0.4, -0.2) is 11.1 Å². The molecule has 0 aliphatic heterocycles. The van der Waals surface area contributed by atoms with Crippen molar-refractivity contribution in [2.75, 3.05) is 0 Å². The van der Waals surface area contributed by atoms with Gasteiger partial charge >= 0.3 is 5.97 Å². The van der Waals surface area contributed by atoms with Crippen molar-refractivity contribution < 1.29 is 9.90 Å². The van der Waals surface area contributed by atoms with Gasteiger partial charge in [0.05, 0.1) is 5.92 Å². The van der Waals surface area contributed by atoms with Crippen LogP contribution in [0.5, 0.6) is 0 Å². The normalized spacial score (nSPS) is 27.6. The Bertz CT molecular complexity index is 397. The van der Waals surface area contributed by atoms with Gasteiger partial charge in [-0.3, -0.25) is 4.79 Å². The largest absolute Gasteiger partial charge is 0.481 e. The molecule has 0 amide bonds. The molecular weight excluding hydrogens is 256 g/mol. The molecular formula is C16H24O2S. The number of rotatable bonds is 5. The van der Waals surface area contributed by atoms with E-state index in [9.17, 15) is 9.90 Å². The van der Waals surface area contributed by atoms with Crippen LogP contribution in [0.2, 0.25) is 0 Å². The first-order valence-corrected chi connectivity index (χ1v) is 8.26. The van der Waals surface area contributed by atoms with E-state index in [4.69, 9.17) is 0 Å². The molecule has 0 radical (unpaired) electrons. The zero-order valence-electron chi connectivity index (χ0n) is 11.8. The number of aliphatic carboxylic acids is 1. The lowest BCUT2D eigenvalue weighted by atomic mass is 9.69. The highest BCUT2D eigenvalue weighted by molar-refractivity contribution is 7.07. The molecule has 0 saturated heterocycles. The summed E-state index contributed by atoms with van der Waals surface area (Å²) in [5.74, 6) is 1.05. The molecule has 1 aliphatic carbocycles. The second-order valence-electron chi connectivity index (χ2n) is 6.19. The number of carboxylic acid groups (broad SMARTS) is 1. The SMILES string of the molecule is CC(C)C1CCC(C(=O)O)C(CCc2ccsc2)C1. The Morgan fingerprint density at radius 3 is 2.84 bits per heavy atom. The summed E-state index contributed by atoms with van der Waals surface area (Å²) in [6.45, 7) is 4.53. The molecule has 1 aromatic rings. The van der Waals surface area contributed by atoms with Gasteiger partial charge in [0.25, 0.3) is 0 Å². The monoisotopic (exact) mass is 280 g/mol. The van der Waals surface area contributed by atoms with Crippen molar-refractivity contribution in [1.82, 2.24) is 0 Å². The molecule has 0 spiro atoms. The second-order valence-corrected chi connectivity index (χ2v) is 6.97. The molecule has 1 heterocycles. The highest BCUT2D eigenvalue weighted by Crippen LogP contribution is 2.39. The van der Waals surface area contributed by atoms with Crippen molar-refractivity contribution in [2.24, 2.45) is 23.7 Å². The van der Waals surface area contributed by atoms with Gasteiger partial charge in [0, 0.05) is 0 Å². The minimum absolute atomic E-state index is 0.117. The van der Waals surface area contributed by atoms with Crippen LogP contribution < -0.4 is 0 Å². The smallest absolute Gasteiger partial charge is 0.306 e. The van der Waals surface area contributed by atoms with E-state index in [2.05, 4.69) is 30.7 Å². The van der Waals surface area contributed by atoms with Gasteiger partial charge in [-0.2, -0.15) is 11.3 Å². The van der Waals surface area contributed by atoms with Gasteiger partial charge in [0.2, 0.25) is 0 Å². The molecule has 2 rings (SSSR count). The second kappa shape index (κ2) is 6.56. The molecule has 106 valence electrons. The number of thiophene rings is 1. The number of carbonyl (C=O) groups is 1. The molecule has 1 saturated carbocycles. The predicted octanol–water partition coefficient (Wildman–Crippen LogP) is 4.45. The first kappa shape index (κ1) is 14.6. The average molecular weight is 280 g/mol. The van der Waals surface area contributed by atoms with Gasteiger partial charge in [0.15, 0.2) is 0 Å². The van der Waals surface area contributed by atoms with Gasteiger partial charge in [-0.05, 0) is 72.2 Å². The van der Waals surface area contributed by atoms with E-state index < -0.39 is 5.97 Å². The third kappa shape index (κ3) is 3.82. The van der Waals surface area contributed by atoms with Crippen LogP contribution in [0.1, 0.15) is 45.1 Å². The van der Waals surface area contributed by atoms with Gasteiger partial charge in [0.1, 0.15) is 0 Å². The summed E-state index contributed by atoms with van der Waals surface area (Å²) in [7, 11) is 0. The fourth-order valence-electron chi connectivity index (χ4n) is 3.34. The van der Waals surface area contributed by atoms with Crippen LogP contribution in [0, 0.1) is 23.7 Å². The Hall–Kier alpha value is -0.830. The number of hydrogen-bond acceptors (Lipinski definition) is 2. The summed E-state index contributed by atoms with van der Waals surface area (Å²) < 4.78 is 0. The van der Waals surface area contributed by atoms with Crippen molar-refractivity contribution in [3.63, 3.8) is 0 Å². The van der Waals surface area contributed by atoms with Crippen molar-refractivity contribution in [3.8, 4) is 0 Å². The number of aryl methyl sites for hydroxylation is 1. The first-order chi connectivity index (χ1) is 9.08. The van der Waals surface area contributed by atoms with Crippen LogP contribution in [0.4, 0.5) is 0 Å². The molecule has 0 bridgehead atoms. The van der Waals surface area contributed by atoms with E-state index >= 15 is 0 Å². The van der Waals surface area contributed by atoms with Crippen LogP contribution in [-0.2, 0) is 11.2 Å². The van der Waals surface area contributed by atoms with E-state index in [1.165, 1.54) is 5.56 Å². The summed E-state index contributed by atoms with van der Waals surface area (Å²) in [5.41, 5.74) is 1.36. The molecule has 1 N–H and O–H groups in total. The Morgan fingerprint density at radius 1 is 1.47 bits per heavy atom. The van der Waals surface area contributed by atoms with Crippen LogP contribution in [0.3, 0.4) is 0 Å². The van der Waals surface area contributed by atoms with Gasteiger partial charge < -0.3 is 5.11 Å². The number of hydrogen-bond donors (Lipinski definition) is 1. The lowest BCUT2D eigenvalue weighted by molar-refractivity contribution is -0.145. The van der Waals surface area contributed by atoms with Crippen molar-refractivity contribution in [1.29, 1.82) is 0 Å². The van der Waals surface area contributed by atoms with Gasteiger partial charge in [-0.15, -0.1) is 0 Å². The standard InChI is InChI=1S/C16H24O2S/c1-11(2)13-5-6-15(16(17)18)14(9-13)4-3-12-7-8-19-10-12/h7-8,10-11,13-15H,3-6,9H2,1-2H3,(H,17,18). The average Bonchev–Trinajstić information content (AvgIpc) is 2.88. The highest BCUT2D eigenvalue weighted by atomic mass is 32.1. The van der Waals surface area contributed by atoms with Crippen molar-refractivity contribution in [2.45, 2.75) is 46.0 Å². The van der Waals surface area contributed by atoms with Crippen LogP contribution >= 0.6 is 11.3 Å². The molecule has 3 heteroatoms. The lowest BCUT2D eigenvalue weighted by Crippen LogP contribution is -2.32. The number of carboxylic acids is 1. The molecule has 2 nitrogen and oxygen atoms in total. The van der Waals surface area contributed by atoms with Gasteiger partial charge in [-0.25, -0.2) is 0 Å². The Labute approximate surface area is 119 Å². The first-order valence-electron chi connectivity index (χ1n) is 7.31. The summed E-state index contributed by atoms with van der Waals surface area (Å²) in [6.07, 6.45) is 5.11. The zero-order chi connectivity index (χ0) is 13.8. The maximum Gasteiger partial charge on any atom is 0.306 e. The zero-order valence-corrected chi connectivity index (χ0v) is 12.7. The van der Waals surface area contributed by atoms with E-state index in [0.717, 1.165) is 32.1 Å². The molecule has 1 fully saturated rings. The Kier molecular flexibility index (Phi) is 5.03. The van der Waals surface area contributed by atoms with E-state index in [0.29, 0.717) is 17.8 Å². The Morgan fingerprint density at radius 2 is 2.26 bits per heavy atom. The van der Waals surface area contributed by atoms with Crippen LogP contribution in [0.15, 0.2) is 16.8 Å². The fourth-order valence-corrected chi connectivity index (χ4v) is 4.04. The van der Waals surface area contributed by atoms with E-state index in [1.54, 1.807) is 11.3 Å². The van der Waals surface area contributed by atoms with E-state index in [-0.39, 0.29) is 5.92 Å². The minimum atomic E-state index is -0.586. The topological polar surface area (TPSA) is 37.3 Å². The summed E-state index contributed by atoms with van der Waals surface area (Å²) in [5, 5.41) is 13.7. The molecule has 19 heavy (non-hydrogen) atoms. The molecule has 1 aromatic heterocycles. The predicted molar refractivity (Wildman–Crippen MR) is 79.4 cm³/mol. The molecule has 3 atom stereocenters. The maximum atomic E-state index is 11.4. The van der Waals surface area contributed by atoms with Crippen LogP contribution in [0.25, 0.3) is 0 Å². The fraction of sp³-hybridized carbons (Fsp3) is 0.688. The lowest BCUT2D eigenvalue weighted by Gasteiger charge is -2.36. The molecule has 3 unspecified atom stereocenters. The molecule has 0 aromatic carbocycles. The van der Waals surface area contributed by atoms with E-state index in [1.807, 2.05) is 0 Å². The summed E-state index contributed by atoms with van der Waals surface area (Å²) in [6, 6.07) is 2.16. The minimum Gasteiger partial charge on any atom is -0.481 e. The van der Waals surface area contributed by atoms with Crippen molar-refractivity contribution >= 4 is 17.3 Å². The highest BCUT2D eigenvalue weighted by Gasteiger charge is 2.35. The maximum absolute atomic E-state index is 11.4. The molecule has 1 aliphatic rings. The quantitative estimate of drug-likeness (QED) is 0.865. The summed E-state index contributed by atoms with van der Waals surface area (Å²) >= 11 is 1.72.